The van der Waals surface area contributed by atoms with Crippen molar-refractivity contribution in [3.8, 4) is 22.6 Å². The first-order valence-electron chi connectivity index (χ1n) is 7.61. The zero-order chi connectivity index (χ0) is 17.8. The molecular formula is C20H16O5. The van der Waals surface area contributed by atoms with Gasteiger partial charge in [-0.15, -0.1) is 0 Å². The Morgan fingerprint density at radius 1 is 0.680 bits per heavy atom. The maximum absolute atomic E-state index is 12.4. The second-order valence-electron chi connectivity index (χ2n) is 5.23. The van der Waals surface area contributed by atoms with Crippen LogP contribution in [-0.4, -0.2) is 26.2 Å². The van der Waals surface area contributed by atoms with Gasteiger partial charge in [0.15, 0.2) is 0 Å². The van der Waals surface area contributed by atoms with E-state index in [9.17, 15) is 9.59 Å². The van der Waals surface area contributed by atoms with Crippen LogP contribution in [0.4, 0.5) is 0 Å². The summed E-state index contributed by atoms with van der Waals surface area (Å²) in [6.07, 6.45) is 0. The van der Waals surface area contributed by atoms with Crippen LogP contribution in [0.15, 0.2) is 65.1 Å². The second kappa shape index (κ2) is 7.05. The molecule has 1 heterocycles. The van der Waals surface area contributed by atoms with Gasteiger partial charge < -0.3 is 13.9 Å². The molecule has 0 saturated heterocycles. The van der Waals surface area contributed by atoms with Crippen LogP contribution in [-0.2, 0) is 9.47 Å². The monoisotopic (exact) mass is 336 g/mol. The van der Waals surface area contributed by atoms with Gasteiger partial charge in [0.05, 0.1) is 14.2 Å². The number of methoxy groups -OCH3 is 2. The summed E-state index contributed by atoms with van der Waals surface area (Å²) in [5, 5.41) is 0. The van der Waals surface area contributed by atoms with Gasteiger partial charge in [-0.3, -0.25) is 0 Å². The van der Waals surface area contributed by atoms with Crippen molar-refractivity contribution in [3.63, 3.8) is 0 Å². The first-order chi connectivity index (χ1) is 12.2. The number of esters is 2. The minimum absolute atomic E-state index is 0.0550. The van der Waals surface area contributed by atoms with E-state index in [4.69, 9.17) is 13.9 Å². The summed E-state index contributed by atoms with van der Waals surface area (Å²) in [4.78, 5) is 24.8. The molecule has 0 saturated carbocycles. The van der Waals surface area contributed by atoms with E-state index < -0.39 is 11.9 Å². The first kappa shape index (κ1) is 16.5. The molecule has 0 aliphatic heterocycles. The zero-order valence-electron chi connectivity index (χ0n) is 13.8. The van der Waals surface area contributed by atoms with E-state index in [1.807, 2.05) is 36.4 Å². The molecule has 0 aliphatic carbocycles. The van der Waals surface area contributed by atoms with E-state index in [1.165, 1.54) is 14.2 Å². The summed E-state index contributed by atoms with van der Waals surface area (Å²) < 4.78 is 15.7. The van der Waals surface area contributed by atoms with Crippen LogP contribution < -0.4 is 0 Å². The molecule has 1 aromatic heterocycles. The van der Waals surface area contributed by atoms with Crippen LogP contribution in [0.5, 0.6) is 0 Å². The Hall–Kier alpha value is -3.34. The lowest BCUT2D eigenvalue weighted by atomic mass is 10.0. The Labute approximate surface area is 144 Å². The van der Waals surface area contributed by atoms with Crippen LogP contribution in [0.1, 0.15) is 20.7 Å². The van der Waals surface area contributed by atoms with E-state index >= 15 is 0 Å². The van der Waals surface area contributed by atoms with Crippen molar-refractivity contribution >= 4 is 11.9 Å². The number of ether oxygens (including phenoxy) is 2. The maximum atomic E-state index is 12.4. The highest BCUT2D eigenvalue weighted by atomic mass is 16.5. The minimum Gasteiger partial charge on any atom is -0.465 e. The number of carbonyl (C=O) groups is 2. The van der Waals surface area contributed by atoms with E-state index in [1.54, 1.807) is 24.3 Å². The largest absolute Gasteiger partial charge is 0.465 e. The van der Waals surface area contributed by atoms with Gasteiger partial charge in [-0.05, 0) is 0 Å². The lowest BCUT2D eigenvalue weighted by molar-refractivity contribution is 0.0558. The molecule has 0 amide bonds. The fourth-order valence-electron chi connectivity index (χ4n) is 2.61. The lowest BCUT2D eigenvalue weighted by Crippen LogP contribution is -2.11. The third-order valence-electron chi connectivity index (χ3n) is 3.76. The highest BCUT2D eigenvalue weighted by Gasteiger charge is 2.32. The number of furan rings is 1. The molecule has 3 rings (SSSR count). The molecule has 0 fully saturated rings. The van der Waals surface area contributed by atoms with Gasteiger partial charge >= 0.3 is 11.9 Å². The average Bonchev–Trinajstić information content (AvgIpc) is 3.08. The van der Waals surface area contributed by atoms with Crippen LogP contribution in [0.2, 0.25) is 0 Å². The van der Waals surface area contributed by atoms with Crippen LogP contribution >= 0.6 is 0 Å². The maximum Gasteiger partial charge on any atom is 0.342 e. The predicted molar refractivity (Wildman–Crippen MR) is 92.3 cm³/mol. The molecule has 5 nitrogen and oxygen atoms in total. The molecule has 3 aromatic rings. The lowest BCUT2D eigenvalue weighted by Gasteiger charge is -2.04. The van der Waals surface area contributed by atoms with E-state index in [-0.39, 0.29) is 22.6 Å². The minimum atomic E-state index is -0.662. The normalized spacial score (nSPS) is 10.3. The topological polar surface area (TPSA) is 65.7 Å². The standard InChI is InChI=1S/C20H16O5/c1-23-19(21)15-16(20(22)24-2)18(14-11-7-4-8-12-14)25-17(15)13-9-5-3-6-10-13/h3-12H,1-2H3. The van der Waals surface area contributed by atoms with Gasteiger partial charge in [0.2, 0.25) is 0 Å². The highest BCUT2D eigenvalue weighted by molar-refractivity contribution is 6.10. The molecule has 0 N–H and O–H groups in total. The molecule has 25 heavy (non-hydrogen) atoms. The van der Waals surface area contributed by atoms with Crippen molar-refractivity contribution < 1.29 is 23.5 Å². The summed E-state index contributed by atoms with van der Waals surface area (Å²) in [6, 6.07) is 18.1. The molecule has 0 radical (unpaired) electrons. The number of carbonyl (C=O) groups excluding carboxylic acids is 2. The van der Waals surface area contributed by atoms with Crippen molar-refractivity contribution in [1.29, 1.82) is 0 Å². The van der Waals surface area contributed by atoms with E-state index in [0.717, 1.165) is 0 Å². The third-order valence-corrected chi connectivity index (χ3v) is 3.76. The number of hydrogen-bond acceptors (Lipinski definition) is 5. The van der Waals surface area contributed by atoms with Crippen molar-refractivity contribution in [2.75, 3.05) is 14.2 Å². The zero-order valence-corrected chi connectivity index (χ0v) is 13.8. The quantitative estimate of drug-likeness (QED) is 0.669. The molecule has 2 aromatic carbocycles. The molecule has 0 bridgehead atoms. The molecule has 0 atom stereocenters. The fraction of sp³-hybridized carbons (Fsp3) is 0.100. The Kier molecular flexibility index (Phi) is 4.66. The molecular weight excluding hydrogens is 320 g/mol. The Balaban J connectivity index is 2.34. The summed E-state index contributed by atoms with van der Waals surface area (Å²) in [6.45, 7) is 0. The van der Waals surface area contributed by atoms with E-state index in [2.05, 4.69) is 0 Å². The number of hydrogen-bond donors (Lipinski definition) is 0. The second-order valence-corrected chi connectivity index (χ2v) is 5.23. The average molecular weight is 336 g/mol. The number of rotatable bonds is 4. The van der Waals surface area contributed by atoms with Gasteiger partial charge in [0.1, 0.15) is 22.6 Å². The van der Waals surface area contributed by atoms with Gasteiger partial charge in [-0.25, -0.2) is 9.59 Å². The SMILES string of the molecule is COC(=O)c1c(-c2ccccc2)oc(-c2ccccc2)c1C(=O)OC. The Bertz CT molecular complexity index is 821. The van der Waals surface area contributed by atoms with Gasteiger partial charge in [-0.2, -0.15) is 0 Å². The van der Waals surface area contributed by atoms with E-state index in [0.29, 0.717) is 11.1 Å². The molecule has 0 unspecified atom stereocenters. The molecule has 0 aliphatic rings. The van der Waals surface area contributed by atoms with Gasteiger partial charge in [-0.1, -0.05) is 60.7 Å². The summed E-state index contributed by atoms with van der Waals surface area (Å²) >= 11 is 0. The number of benzene rings is 2. The Morgan fingerprint density at radius 3 is 1.36 bits per heavy atom. The van der Waals surface area contributed by atoms with Gasteiger partial charge in [0.25, 0.3) is 0 Å². The molecule has 5 heteroatoms. The molecule has 0 spiro atoms. The van der Waals surface area contributed by atoms with Crippen LogP contribution in [0.3, 0.4) is 0 Å². The fourth-order valence-corrected chi connectivity index (χ4v) is 2.61. The highest BCUT2D eigenvalue weighted by Crippen LogP contribution is 2.38. The molecule has 126 valence electrons. The van der Waals surface area contributed by atoms with Crippen molar-refractivity contribution in [1.82, 2.24) is 0 Å². The van der Waals surface area contributed by atoms with Crippen molar-refractivity contribution in [3.05, 3.63) is 71.8 Å². The summed E-state index contributed by atoms with van der Waals surface area (Å²) in [7, 11) is 2.51. The van der Waals surface area contributed by atoms with Crippen LogP contribution in [0, 0.1) is 0 Å². The third kappa shape index (κ3) is 3.04. The van der Waals surface area contributed by atoms with Crippen molar-refractivity contribution in [2.24, 2.45) is 0 Å². The smallest absolute Gasteiger partial charge is 0.342 e. The Morgan fingerprint density at radius 2 is 1.04 bits per heavy atom. The summed E-state index contributed by atoms with van der Waals surface area (Å²) in [5.41, 5.74) is 1.43. The first-order valence-corrected chi connectivity index (χ1v) is 7.61. The predicted octanol–water partition coefficient (Wildman–Crippen LogP) is 4.19. The summed E-state index contributed by atoms with van der Waals surface area (Å²) in [5.74, 6) is -0.784. The van der Waals surface area contributed by atoms with Crippen LogP contribution in [0.25, 0.3) is 22.6 Å². The van der Waals surface area contributed by atoms with Crippen molar-refractivity contribution in [2.45, 2.75) is 0 Å². The van der Waals surface area contributed by atoms with Gasteiger partial charge in [0, 0.05) is 11.1 Å².